The number of likely N-dealkylation sites (N-methyl/N-ethyl adjacent to an activating group) is 1. The third-order valence-electron chi connectivity index (χ3n) is 4.24. The first-order valence-corrected chi connectivity index (χ1v) is 8.14. The summed E-state index contributed by atoms with van der Waals surface area (Å²) in [7, 11) is 4.40. The molecule has 0 aromatic heterocycles. The van der Waals surface area contributed by atoms with Gasteiger partial charge in [0.05, 0.1) is 6.10 Å². The topological polar surface area (TPSA) is 15.7 Å². The average Bonchev–Trinajstić information content (AvgIpc) is 2.35. The van der Waals surface area contributed by atoms with Crippen molar-refractivity contribution in [3.8, 4) is 0 Å². The van der Waals surface area contributed by atoms with Gasteiger partial charge in [0.2, 0.25) is 0 Å². The molecule has 1 aliphatic heterocycles. The molecular formula is C16H34N2O. The molecule has 0 aliphatic carbocycles. The molecule has 19 heavy (non-hydrogen) atoms. The van der Waals surface area contributed by atoms with Crippen LogP contribution in [0, 0.1) is 5.92 Å². The van der Waals surface area contributed by atoms with Gasteiger partial charge >= 0.3 is 0 Å². The van der Waals surface area contributed by atoms with Gasteiger partial charge in [-0.15, -0.1) is 0 Å². The Labute approximate surface area is 120 Å². The molecule has 114 valence electrons. The molecule has 0 aromatic rings. The van der Waals surface area contributed by atoms with Gasteiger partial charge in [0.25, 0.3) is 0 Å². The van der Waals surface area contributed by atoms with Gasteiger partial charge in [-0.1, -0.05) is 20.3 Å². The second-order valence-corrected chi connectivity index (χ2v) is 6.22. The summed E-state index contributed by atoms with van der Waals surface area (Å²) in [6, 6.07) is 0. The minimum atomic E-state index is 0.515. The summed E-state index contributed by atoms with van der Waals surface area (Å²) in [5.74, 6) is 0.881. The lowest BCUT2D eigenvalue weighted by atomic mass is 9.96. The van der Waals surface area contributed by atoms with Gasteiger partial charge in [0, 0.05) is 19.7 Å². The van der Waals surface area contributed by atoms with Crippen LogP contribution in [-0.2, 0) is 4.74 Å². The Morgan fingerprint density at radius 2 is 1.95 bits per heavy atom. The normalized spacial score (nSPS) is 18.8. The number of ether oxygens (including phenoxy) is 1. The molecule has 1 heterocycles. The Kier molecular flexibility index (Phi) is 8.67. The third kappa shape index (κ3) is 7.28. The SMILES string of the molecule is CCCN(C)CCC(CC)CCCOC1CN(C)C1. The van der Waals surface area contributed by atoms with E-state index in [2.05, 4.69) is 37.7 Å². The number of likely N-dealkylation sites (tertiary alicyclic amines) is 1. The molecule has 0 amide bonds. The van der Waals surface area contributed by atoms with Crippen molar-refractivity contribution in [2.24, 2.45) is 5.92 Å². The fraction of sp³-hybridized carbons (Fsp3) is 1.00. The highest BCUT2D eigenvalue weighted by atomic mass is 16.5. The van der Waals surface area contributed by atoms with E-state index in [-0.39, 0.29) is 0 Å². The smallest absolute Gasteiger partial charge is 0.0828 e. The van der Waals surface area contributed by atoms with Crippen LogP contribution in [0.3, 0.4) is 0 Å². The van der Waals surface area contributed by atoms with E-state index in [9.17, 15) is 0 Å². The van der Waals surface area contributed by atoms with Crippen molar-refractivity contribution in [2.75, 3.05) is 46.9 Å². The number of rotatable bonds is 11. The quantitative estimate of drug-likeness (QED) is 0.537. The van der Waals surface area contributed by atoms with Crippen molar-refractivity contribution < 1.29 is 4.74 Å². The number of nitrogens with zero attached hydrogens (tertiary/aromatic N) is 2. The maximum Gasteiger partial charge on any atom is 0.0828 e. The largest absolute Gasteiger partial charge is 0.376 e. The summed E-state index contributed by atoms with van der Waals surface area (Å²) in [4.78, 5) is 4.77. The second-order valence-electron chi connectivity index (χ2n) is 6.22. The second kappa shape index (κ2) is 9.73. The van der Waals surface area contributed by atoms with E-state index >= 15 is 0 Å². The van der Waals surface area contributed by atoms with E-state index in [4.69, 9.17) is 4.74 Å². The van der Waals surface area contributed by atoms with Gasteiger partial charge in [-0.25, -0.2) is 0 Å². The minimum Gasteiger partial charge on any atom is -0.376 e. The lowest BCUT2D eigenvalue weighted by Gasteiger charge is -2.35. The van der Waals surface area contributed by atoms with Crippen molar-refractivity contribution in [3.05, 3.63) is 0 Å². The molecule has 1 saturated heterocycles. The van der Waals surface area contributed by atoms with Crippen molar-refractivity contribution in [1.82, 2.24) is 9.80 Å². The summed E-state index contributed by atoms with van der Waals surface area (Å²) in [5.41, 5.74) is 0. The zero-order valence-corrected chi connectivity index (χ0v) is 13.5. The van der Waals surface area contributed by atoms with Crippen LogP contribution in [0.2, 0.25) is 0 Å². The highest BCUT2D eigenvalue weighted by molar-refractivity contribution is 4.77. The predicted molar refractivity (Wildman–Crippen MR) is 82.7 cm³/mol. The van der Waals surface area contributed by atoms with E-state index in [0.717, 1.165) is 25.6 Å². The first-order chi connectivity index (χ1) is 9.15. The van der Waals surface area contributed by atoms with Gasteiger partial charge in [-0.3, -0.25) is 0 Å². The summed E-state index contributed by atoms with van der Waals surface area (Å²) < 4.78 is 5.86. The molecule has 0 radical (unpaired) electrons. The number of hydrogen-bond donors (Lipinski definition) is 0. The molecule has 0 spiro atoms. The molecule has 1 rings (SSSR count). The molecule has 0 bridgehead atoms. The zero-order chi connectivity index (χ0) is 14.1. The highest BCUT2D eigenvalue weighted by Crippen LogP contribution is 2.17. The van der Waals surface area contributed by atoms with Crippen LogP contribution >= 0.6 is 0 Å². The summed E-state index contributed by atoms with van der Waals surface area (Å²) in [5, 5.41) is 0. The van der Waals surface area contributed by atoms with Gasteiger partial charge < -0.3 is 14.5 Å². The van der Waals surface area contributed by atoms with Gasteiger partial charge in [0.15, 0.2) is 0 Å². The van der Waals surface area contributed by atoms with Crippen LogP contribution in [0.15, 0.2) is 0 Å². The van der Waals surface area contributed by atoms with Crippen molar-refractivity contribution in [3.63, 3.8) is 0 Å². The molecule has 0 saturated carbocycles. The summed E-state index contributed by atoms with van der Waals surface area (Å²) >= 11 is 0. The van der Waals surface area contributed by atoms with Crippen LogP contribution in [0.4, 0.5) is 0 Å². The van der Waals surface area contributed by atoms with Crippen molar-refractivity contribution in [1.29, 1.82) is 0 Å². The molecule has 0 aromatic carbocycles. The molecule has 1 unspecified atom stereocenters. The fourth-order valence-electron chi connectivity index (χ4n) is 2.82. The Morgan fingerprint density at radius 3 is 2.53 bits per heavy atom. The molecule has 3 nitrogen and oxygen atoms in total. The zero-order valence-electron chi connectivity index (χ0n) is 13.5. The van der Waals surface area contributed by atoms with E-state index < -0.39 is 0 Å². The summed E-state index contributed by atoms with van der Waals surface area (Å²) in [6.45, 7) is 10.3. The van der Waals surface area contributed by atoms with Gasteiger partial charge in [-0.05, 0) is 58.8 Å². The van der Waals surface area contributed by atoms with Crippen LogP contribution in [0.5, 0.6) is 0 Å². The lowest BCUT2D eigenvalue weighted by molar-refractivity contribution is -0.0449. The minimum absolute atomic E-state index is 0.515. The standard InChI is InChI=1S/C16H34N2O/c1-5-10-17(3)11-9-15(6-2)8-7-12-19-16-13-18(4)14-16/h15-16H,5-14H2,1-4H3. The van der Waals surface area contributed by atoms with Crippen LogP contribution in [0.25, 0.3) is 0 Å². The molecule has 1 aliphatic rings. The Balaban J connectivity index is 1.98. The van der Waals surface area contributed by atoms with E-state index in [1.807, 2.05) is 0 Å². The van der Waals surface area contributed by atoms with Crippen LogP contribution in [0.1, 0.15) is 46.0 Å². The van der Waals surface area contributed by atoms with Crippen molar-refractivity contribution in [2.45, 2.75) is 52.1 Å². The molecule has 1 fully saturated rings. The Morgan fingerprint density at radius 1 is 1.21 bits per heavy atom. The van der Waals surface area contributed by atoms with Gasteiger partial charge in [-0.2, -0.15) is 0 Å². The predicted octanol–water partition coefficient (Wildman–Crippen LogP) is 2.86. The average molecular weight is 270 g/mol. The highest BCUT2D eigenvalue weighted by Gasteiger charge is 2.23. The molecule has 1 atom stereocenters. The van der Waals surface area contributed by atoms with Crippen LogP contribution in [-0.4, -0.2) is 62.8 Å². The Bertz CT molecular complexity index is 217. The molecule has 3 heteroatoms. The maximum atomic E-state index is 5.86. The van der Waals surface area contributed by atoms with Crippen molar-refractivity contribution >= 4 is 0 Å². The Hall–Kier alpha value is -0.120. The third-order valence-corrected chi connectivity index (χ3v) is 4.24. The summed E-state index contributed by atoms with van der Waals surface area (Å²) in [6.07, 6.45) is 7.00. The monoisotopic (exact) mass is 270 g/mol. The molecular weight excluding hydrogens is 236 g/mol. The lowest BCUT2D eigenvalue weighted by Crippen LogP contribution is -2.49. The van der Waals surface area contributed by atoms with E-state index in [1.165, 1.54) is 45.2 Å². The fourth-order valence-corrected chi connectivity index (χ4v) is 2.82. The first-order valence-electron chi connectivity index (χ1n) is 8.14. The molecule has 0 N–H and O–H groups in total. The number of hydrogen-bond acceptors (Lipinski definition) is 3. The van der Waals surface area contributed by atoms with Crippen LogP contribution < -0.4 is 0 Å². The van der Waals surface area contributed by atoms with E-state index in [0.29, 0.717) is 6.10 Å². The first kappa shape index (κ1) is 16.9. The maximum absolute atomic E-state index is 5.86. The van der Waals surface area contributed by atoms with Gasteiger partial charge in [0.1, 0.15) is 0 Å². The van der Waals surface area contributed by atoms with E-state index in [1.54, 1.807) is 0 Å².